The van der Waals surface area contributed by atoms with Crippen LogP contribution in [-0.4, -0.2) is 29.7 Å². The topological polar surface area (TPSA) is 80.8 Å². The highest BCUT2D eigenvalue weighted by Crippen LogP contribution is 2.61. The number of hydrogen-bond acceptors (Lipinski definition) is 5. The summed E-state index contributed by atoms with van der Waals surface area (Å²) in [5, 5.41) is 0.508. The van der Waals surface area contributed by atoms with E-state index in [1.165, 1.54) is 29.5 Å². The molecule has 192 valence electrons. The lowest BCUT2D eigenvalue weighted by Gasteiger charge is -2.28. The summed E-state index contributed by atoms with van der Waals surface area (Å²) in [7, 11) is 0. The number of esters is 1. The molecule has 1 heterocycles. The third-order valence-electron chi connectivity index (χ3n) is 8.39. The van der Waals surface area contributed by atoms with Crippen molar-refractivity contribution in [3.8, 4) is 0 Å². The number of rotatable bonds is 6. The van der Waals surface area contributed by atoms with Crippen LogP contribution in [0.5, 0.6) is 0 Å². The minimum Gasteiger partial charge on any atom is -0.451 e. The van der Waals surface area contributed by atoms with Gasteiger partial charge < -0.3 is 4.74 Å². The van der Waals surface area contributed by atoms with Crippen LogP contribution in [0.1, 0.15) is 52.0 Å². The summed E-state index contributed by atoms with van der Waals surface area (Å²) in [6.07, 6.45) is 0.857. The van der Waals surface area contributed by atoms with Crippen LogP contribution in [0.3, 0.4) is 0 Å². The SMILES string of the molecule is C[C@H](OC(=O)c1ccc(N2C(=O)[C@H]3[C@H]4C[C@@H]([C@@H]3C2=O)[C@@H](c2ccccc2)C4)cc1)C(=O)c1ccc(Cl)cc1. The van der Waals surface area contributed by atoms with E-state index in [4.69, 9.17) is 16.3 Å². The second-order valence-electron chi connectivity index (χ2n) is 10.4. The van der Waals surface area contributed by atoms with E-state index in [0.717, 1.165) is 12.8 Å². The van der Waals surface area contributed by atoms with Crippen molar-refractivity contribution in [2.75, 3.05) is 4.90 Å². The molecule has 6 rings (SSSR count). The standard InChI is InChI=1S/C31H26ClNO5/c1-17(28(34)19-7-11-22(32)12-8-19)38-31(37)20-9-13-23(14-10-20)33-29(35)26-21-15-24(18-5-3-2-4-6-18)25(16-21)27(26)30(33)36/h2-14,17,21,24-27H,15-16H2,1H3/t17-,21+,24+,25+,26-,27-/m0/s1. The number of hydrogen-bond donors (Lipinski definition) is 0. The number of Topliss-reactive ketones (excluding diaryl/α,β-unsaturated/α-hetero) is 1. The molecule has 2 bridgehead atoms. The highest BCUT2D eigenvalue weighted by molar-refractivity contribution is 6.30. The van der Waals surface area contributed by atoms with Gasteiger partial charge in [0.25, 0.3) is 0 Å². The number of ether oxygens (including phenoxy) is 1. The van der Waals surface area contributed by atoms with Crippen molar-refractivity contribution in [2.24, 2.45) is 23.7 Å². The van der Waals surface area contributed by atoms with Crippen LogP contribution >= 0.6 is 11.6 Å². The lowest BCUT2D eigenvalue weighted by atomic mass is 9.73. The fraction of sp³-hybridized carbons (Fsp3) is 0.290. The summed E-state index contributed by atoms with van der Waals surface area (Å²) < 4.78 is 5.37. The number of nitrogens with zero attached hydrogens (tertiary/aromatic N) is 1. The summed E-state index contributed by atoms with van der Waals surface area (Å²) in [6.45, 7) is 1.51. The quantitative estimate of drug-likeness (QED) is 0.233. The third kappa shape index (κ3) is 4.04. The van der Waals surface area contributed by atoms with Gasteiger partial charge in [-0.1, -0.05) is 41.9 Å². The van der Waals surface area contributed by atoms with Gasteiger partial charge in [0.05, 0.1) is 23.1 Å². The zero-order valence-corrected chi connectivity index (χ0v) is 21.5. The summed E-state index contributed by atoms with van der Waals surface area (Å²) in [6, 6.07) is 22.8. The first kappa shape index (κ1) is 24.6. The van der Waals surface area contributed by atoms with Gasteiger partial charge in [-0.2, -0.15) is 0 Å². The van der Waals surface area contributed by atoms with Gasteiger partial charge in [0, 0.05) is 10.6 Å². The molecular formula is C31H26ClNO5. The van der Waals surface area contributed by atoms with Crippen LogP contribution < -0.4 is 4.90 Å². The van der Waals surface area contributed by atoms with Crippen LogP contribution in [0.4, 0.5) is 5.69 Å². The van der Waals surface area contributed by atoms with Crippen molar-refractivity contribution in [3.05, 3.63) is 101 Å². The van der Waals surface area contributed by atoms with Crippen LogP contribution in [0, 0.1) is 23.7 Å². The molecule has 0 spiro atoms. The molecule has 0 unspecified atom stereocenters. The lowest BCUT2D eigenvalue weighted by Crippen LogP contribution is -2.33. The van der Waals surface area contributed by atoms with Crippen molar-refractivity contribution in [2.45, 2.75) is 31.8 Å². The number of anilines is 1. The predicted octanol–water partition coefficient (Wildman–Crippen LogP) is 5.70. The number of imide groups is 1. The Morgan fingerprint density at radius 3 is 2.16 bits per heavy atom. The first-order valence-electron chi connectivity index (χ1n) is 12.9. The number of carbonyl (C=O) groups is 4. The van der Waals surface area contributed by atoms with Gasteiger partial charge in [-0.25, -0.2) is 4.79 Å². The number of fused-ring (bicyclic) bond motifs is 5. The summed E-state index contributed by atoms with van der Waals surface area (Å²) in [5.41, 5.74) is 2.31. The monoisotopic (exact) mass is 527 g/mol. The Balaban J connectivity index is 1.15. The summed E-state index contributed by atoms with van der Waals surface area (Å²) in [4.78, 5) is 53.5. The lowest BCUT2D eigenvalue weighted by molar-refractivity contribution is -0.123. The molecule has 3 aromatic carbocycles. The molecule has 2 aliphatic carbocycles. The van der Waals surface area contributed by atoms with Gasteiger partial charge in [-0.05, 0) is 91.6 Å². The number of halogens is 1. The number of ketones is 1. The highest BCUT2D eigenvalue weighted by atomic mass is 35.5. The van der Waals surface area contributed by atoms with Crippen molar-refractivity contribution in [3.63, 3.8) is 0 Å². The van der Waals surface area contributed by atoms with Crippen LogP contribution in [0.25, 0.3) is 0 Å². The zero-order chi connectivity index (χ0) is 26.6. The van der Waals surface area contributed by atoms with Gasteiger partial charge in [0.2, 0.25) is 17.6 Å². The van der Waals surface area contributed by atoms with E-state index in [9.17, 15) is 19.2 Å². The van der Waals surface area contributed by atoms with Crippen LogP contribution in [0.2, 0.25) is 5.02 Å². The van der Waals surface area contributed by atoms with Crippen LogP contribution in [0.15, 0.2) is 78.9 Å². The fourth-order valence-corrected chi connectivity index (χ4v) is 6.80. The van der Waals surface area contributed by atoms with E-state index in [2.05, 4.69) is 12.1 Å². The first-order valence-corrected chi connectivity index (χ1v) is 13.2. The average Bonchev–Trinajstić information content (AvgIpc) is 3.60. The Bertz CT molecular complexity index is 1420. The summed E-state index contributed by atoms with van der Waals surface area (Å²) >= 11 is 5.87. The van der Waals surface area contributed by atoms with Gasteiger partial charge in [-0.15, -0.1) is 0 Å². The van der Waals surface area contributed by atoms with E-state index in [0.29, 0.717) is 22.2 Å². The smallest absolute Gasteiger partial charge is 0.338 e. The molecule has 3 fully saturated rings. The Hall–Kier alpha value is -3.77. The maximum atomic E-state index is 13.5. The number of amides is 2. The van der Waals surface area contributed by atoms with E-state index in [1.807, 2.05) is 18.2 Å². The minimum absolute atomic E-state index is 0.142. The fourth-order valence-electron chi connectivity index (χ4n) is 6.67. The Morgan fingerprint density at radius 2 is 1.47 bits per heavy atom. The molecule has 7 heteroatoms. The minimum atomic E-state index is -0.988. The largest absolute Gasteiger partial charge is 0.451 e. The third-order valence-corrected chi connectivity index (χ3v) is 8.64. The highest BCUT2D eigenvalue weighted by Gasteiger charge is 2.64. The average molecular weight is 528 g/mol. The van der Waals surface area contributed by atoms with Gasteiger partial charge in [0.1, 0.15) is 0 Å². The van der Waals surface area contributed by atoms with Crippen molar-refractivity contribution in [1.82, 2.24) is 0 Å². The van der Waals surface area contributed by atoms with E-state index < -0.39 is 12.1 Å². The number of carbonyl (C=O) groups excluding carboxylic acids is 4. The second-order valence-corrected chi connectivity index (χ2v) is 10.9. The molecule has 3 aromatic rings. The van der Waals surface area contributed by atoms with Crippen molar-refractivity contribution in [1.29, 1.82) is 0 Å². The van der Waals surface area contributed by atoms with Gasteiger partial charge >= 0.3 is 5.97 Å². The van der Waals surface area contributed by atoms with E-state index in [1.54, 1.807) is 36.4 Å². The second kappa shape index (κ2) is 9.52. The molecule has 6 atom stereocenters. The maximum absolute atomic E-state index is 13.5. The number of benzene rings is 3. The zero-order valence-electron chi connectivity index (χ0n) is 20.8. The van der Waals surface area contributed by atoms with E-state index >= 15 is 0 Å². The van der Waals surface area contributed by atoms with Crippen LogP contribution in [-0.2, 0) is 14.3 Å². The molecule has 1 saturated heterocycles. The van der Waals surface area contributed by atoms with Crippen molar-refractivity contribution < 1.29 is 23.9 Å². The normalized spacial score (nSPS) is 26.4. The predicted molar refractivity (Wildman–Crippen MR) is 142 cm³/mol. The molecule has 0 N–H and O–H groups in total. The Labute approximate surface area is 225 Å². The molecule has 2 saturated carbocycles. The van der Waals surface area contributed by atoms with E-state index in [-0.39, 0.29) is 46.8 Å². The maximum Gasteiger partial charge on any atom is 0.338 e. The molecule has 3 aliphatic rings. The Morgan fingerprint density at radius 1 is 0.842 bits per heavy atom. The molecule has 38 heavy (non-hydrogen) atoms. The van der Waals surface area contributed by atoms with Crippen molar-refractivity contribution >= 4 is 40.9 Å². The first-order chi connectivity index (χ1) is 18.3. The Kier molecular flexibility index (Phi) is 6.15. The summed E-state index contributed by atoms with van der Waals surface area (Å²) in [5.74, 6) is -1.17. The van der Waals surface area contributed by atoms with Gasteiger partial charge in [0.15, 0.2) is 6.10 Å². The van der Waals surface area contributed by atoms with Gasteiger partial charge in [-0.3, -0.25) is 19.3 Å². The molecule has 0 radical (unpaired) electrons. The molecule has 6 nitrogen and oxygen atoms in total. The molecular weight excluding hydrogens is 502 g/mol. The molecule has 1 aliphatic heterocycles. The molecule has 2 amide bonds. The molecule has 0 aromatic heterocycles.